The predicted molar refractivity (Wildman–Crippen MR) is 75.1 cm³/mol. The fourth-order valence-corrected chi connectivity index (χ4v) is 1.57. The number of hydrogen-bond acceptors (Lipinski definition) is 0. The quantitative estimate of drug-likeness (QED) is 0.493. The predicted octanol–water partition coefficient (Wildman–Crippen LogP) is 5.69. The van der Waals surface area contributed by atoms with Crippen LogP contribution in [0.3, 0.4) is 0 Å². The molecule has 0 aromatic carbocycles. The molecular weight excluding hydrogens is 335 g/mol. The zero-order valence-corrected chi connectivity index (χ0v) is 14.7. The van der Waals surface area contributed by atoms with Crippen molar-refractivity contribution in [1.29, 1.82) is 0 Å². The first-order chi connectivity index (χ1) is 6.55. The van der Waals surface area contributed by atoms with Crippen molar-refractivity contribution in [3.8, 4) is 0 Å². The summed E-state index contributed by atoms with van der Waals surface area (Å²) in [6, 6.07) is 0. The van der Waals surface area contributed by atoms with E-state index >= 15 is 0 Å². The molecule has 0 N–H and O–H groups in total. The molecule has 0 aliphatic heterocycles. The van der Waals surface area contributed by atoms with Crippen LogP contribution in [0, 0.1) is 5.92 Å². The van der Waals surface area contributed by atoms with Crippen LogP contribution in [0.4, 0.5) is 0 Å². The molecule has 0 radical (unpaired) electrons. The Labute approximate surface area is 112 Å². The van der Waals surface area contributed by atoms with E-state index in [1.165, 1.54) is 11.1 Å². The fraction of sp³-hybridized carbons (Fsp3) is 0.600. The van der Waals surface area contributed by atoms with E-state index in [9.17, 15) is 0 Å². The Balaban J connectivity index is 0.000000336. The van der Waals surface area contributed by atoms with Gasteiger partial charge < -0.3 is 0 Å². The summed E-state index contributed by atoms with van der Waals surface area (Å²) < 4.78 is 0. The molecular formula is C10H16Cl4Ge. The third-order valence-electron chi connectivity index (χ3n) is 3.04. The molecule has 0 fully saturated rings. The Morgan fingerprint density at radius 3 is 1.07 bits per heavy atom. The maximum absolute atomic E-state index is 5.01. The summed E-state index contributed by atoms with van der Waals surface area (Å²) >= 11 is 0. The first-order valence-corrected chi connectivity index (χ1v) is 15.7. The fourth-order valence-electron chi connectivity index (χ4n) is 1.57. The molecule has 0 saturated carbocycles. The number of hydrogen-bond donors (Lipinski definition) is 0. The molecule has 1 aliphatic carbocycles. The van der Waals surface area contributed by atoms with E-state index in [2.05, 4.69) is 34.6 Å². The Morgan fingerprint density at radius 2 is 1.00 bits per heavy atom. The first kappa shape index (κ1) is 16.2. The van der Waals surface area contributed by atoms with Gasteiger partial charge in [0.2, 0.25) is 0 Å². The van der Waals surface area contributed by atoms with Crippen molar-refractivity contribution in [1.82, 2.24) is 0 Å². The molecule has 0 spiro atoms. The summed E-state index contributed by atoms with van der Waals surface area (Å²) in [6.45, 7) is 11.2. The zero-order valence-electron chi connectivity index (χ0n) is 9.59. The number of allylic oxidation sites excluding steroid dienone is 4. The van der Waals surface area contributed by atoms with Gasteiger partial charge in [-0.25, -0.2) is 0 Å². The standard InChI is InChI=1S/C10H16.Cl4Ge/c1-6-7(2)9(4)10(5)8(6)3;1-5(2,3)4/h6H,1-5H3;. The molecule has 88 valence electrons. The van der Waals surface area contributed by atoms with Crippen molar-refractivity contribution >= 4 is 49.6 Å². The van der Waals surface area contributed by atoms with Crippen molar-refractivity contribution in [3.63, 3.8) is 0 Å². The molecule has 5 heteroatoms. The van der Waals surface area contributed by atoms with E-state index in [-0.39, 0.29) is 0 Å². The SMILES string of the molecule is CC1=C(C)C(C)C(C)=C1C.[Cl][Ge]([Cl])([Cl])[Cl]. The Morgan fingerprint density at radius 1 is 0.800 bits per heavy atom. The van der Waals surface area contributed by atoms with Crippen LogP contribution in [0.2, 0.25) is 0 Å². The van der Waals surface area contributed by atoms with Gasteiger partial charge in [0.15, 0.2) is 0 Å². The molecule has 0 aromatic heterocycles. The van der Waals surface area contributed by atoms with Crippen molar-refractivity contribution in [3.05, 3.63) is 22.3 Å². The second-order valence-electron chi connectivity index (χ2n) is 3.77. The summed E-state index contributed by atoms with van der Waals surface area (Å²) in [7, 11) is 16.9. The van der Waals surface area contributed by atoms with Crippen LogP contribution in [-0.4, -0.2) is 9.55 Å². The van der Waals surface area contributed by atoms with Gasteiger partial charge in [0.05, 0.1) is 0 Å². The van der Waals surface area contributed by atoms with Crippen molar-refractivity contribution in [2.75, 3.05) is 0 Å². The number of rotatable bonds is 0. The van der Waals surface area contributed by atoms with Crippen LogP contribution in [0.1, 0.15) is 34.6 Å². The second-order valence-corrected chi connectivity index (χ2v) is 23.4. The van der Waals surface area contributed by atoms with Crippen molar-refractivity contribution in [2.45, 2.75) is 34.6 Å². The van der Waals surface area contributed by atoms with Gasteiger partial charge in [0.1, 0.15) is 0 Å². The molecule has 0 amide bonds. The van der Waals surface area contributed by atoms with Crippen LogP contribution < -0.4 is 0 Å². The van der Waals surface area contributed by atoms with Gasteiger partial charge in [0, 0.05) is 0 Å². The van der Waals surface area contributed by atoms with Gasteiger partial charge in [-0.3, -0.25) is 0 Å². The van der Waals surface area contributed by atoms with Gasteiger partial charge in [-0.15, -0.1) is 0 Å². The Hall–Kier alpha value is 1.18. The maximum atomic E-state index is 5.01. The van der Waals surface area contributed by atoms with E-state index in [0.717, 1.165) is 0 Å². The van der Waals surface area contributed by atoms with Crippen LogP contribution in [0.15, 0.2) is 22.3 Å². The van der Waals surface area contributed by atoms with Gasteiger partial charge >= 0.3 is 49.6 Å². The van der Waals surface area contributed by atoms with Crippen molar-refractivity contribution < 1.29 is 0 Å². The summed E-state index contributed by atoms with van der Waals surface area (Å²) in [5, 5.41) is 0. The molecule has 0 nitrogen and oxygen atoms in total. The average molecular weight is 351 g/mol. The van der Waals surface area contributed by atoms with Gasteiger partial charge in [-0.1, -0.05) is 18.1 Å². The van der Waals surface area contributed by atoms with Crippen LogP contribution in [-0.2, 0) is 0 Å². The number of halogens is 4. The van der Waals surface area contributed by atoms with E-state index in [0.29, 0.717) is 5.92 Å². The zero-order chi connectivity index (χ0) is 12.4. The van der Waals surface area contributed by atoms with Gasteiger partial charge in [-0.2, -0.15) is 0 Å². The molecule has 0 atom stereocenters. The average Bonchev–Trinajstić information content (AvgIpc) is 2.21. The van der Waals surface area contributed by atoms with Crippen LogP contribution >= 0.6 is 40.0 Å². The van der Waals surface area contributed by atoms with E-state index in [1.54, 1.807) is 11.1 Å². The molecule has 0 unspecified atom stereocenters. The molecule has 15 heavy (non-hydrogen) atoms. The van der Waals surface area contributed by atoms with E-state index < -0.39 is 9.55 Å². The van der Waals surface area contributed by atoms with E-state index in [4.69, 9.17) is 40.0 Å². The Bertz CT molecular complexity index is 269. The molecule has 0 heterocycles. The van der Waals surface area contributed by atoms with Crippen LogP contribution in [0.25, 0.3) is 0 Å². The summed E-state index contributed by atoms with van der Waals surface area (Å²) in [6.07, 6.45) is 0. The third-order valence-corrected chi connectivity index (χ3v) is 3.04. The van der Waals surface area contributed by atoms with Gasteiger partial charge in [0.25, 0.3) is 0 Å². The van der Waals surface area contributed by atoms with Crippen LogP contribution in [0.5, 0.6) is 0 Å². The third kappa shape index (κ3) is 5.88. The summed E-state index contributed by atoms with van der Waals surface area (Å²) in [5.74, 6) is 0.694. The minimum atomic E-state index is -3.11. The topological polar surface area (TPSA) is 0 Å². The summed E-state index contributed by atoms with van der Waals surface area (Å²) in [4.78, 5) is 0. The minimum absolute atomic E-state index is 0.694. The second kappa shape index (κ2) is 6.21. The first-order valence-electron chi connectivity index (χ1n) is 4.66. The normalized spacial score (nSPS) is 18.2. The monoisotopic (exact) mass is 350 g/mol. The summed E-state index contributed by atoms with van der Waals surface area (Å²) in [5.41, 5.74) is 6.11. The molecule has 1 aliphatic rings. The molecule has 0 saturated heterocycles. The molecule has 1 rings (SSSR count). The molecule has 0 bridgehead atoms. The van der Waals surface area contributed by atoms with Crippen molar-refractivity contribution in [2.24, 2.45) is 5.92 Å². The van der Waals surface area contributed by atoms with Gasteiger partial charge in [-0.05, 0) is 44.8 Å². The molecule has 0 aromatic rings. The Kier molecular flexibility index (Phi) is 6.70. The van der Waals surface area contributed by atoms with E-state index in [1.807, 2.05) is 0 Å².